The number of urea groups is 1. The van der Waals surface area contributed by atoms with Crippen LogP contribution in [0, 0.1) is 11.3 Å². The van der Waals surface area contributed by atoms with E-state index >= 15 is 0 Å². The van der Waals surface area contributed by atoms with Crippen molar-refractivity contribution < 1.29 is 4.79 Å². The van der Waals surface area contributed by atoms with Gasteiger partial charge >= 0.3 is 6.03 Å². The first-order valence-corrected chi connectivity index (χ1v) is 7.08. The van der Waals surface area contributed by atoms with Crippen LogP contribution in [0.5, 0.6) is 0 Å². The van der Waals surface area contributed by atoms with E-state index in [2.05, 4.69) is 5.32 Å². The van der Waals surface area contributed by atoms with Crippen LogP contribution < -0.4 is 11.1 Å². The number of amidine groups is 1. The van der Waals surface area contributed by atoms with Crippen LogP contribution in [0.2, 0.25) is 0 Å². The van der Waals surface area contributed by atoms with Crippen molar-refractivity contribution in [2.24, 2.45) is 11.7 Å². The first-order valence-electron chi connectivity index (χ1n) is 7.08. The van der Waals surface area contributed by atoms with E-state index in [1.807, 2.05) is 4.90 Å². The summed E-state index contributed by atoms with van der Waals surface area (Å²) in [4.78, 5) is 14.1. The molecule has 1 heterocycles. The van der Waals surface area contributed by atoms with Crippen LogP contribution in [0.1, 0.15) is 44.9 Å². The summed E-state index contributed by atoms with van der Waals surface area (Å²) in [6.45, 7) is 1.73. The van der Waals surface area contributed by atoms with Crippen molar-refractivity contribution in [1.82, 2.24) is 10.2 Å². The Morgan fingerprint density at radius 1 is 1.11 bits per heavy atom. The Morgan fingerprint density at radius 2 is 1.78 bits per heavy atom. The Labute approximate surface area is 109 Å². The van der Waals surface area contributed by atoms with Gasteiger partial charge in [0.05, 0.1) is 5.84 Å². The lowest BCUT2D eigenvalue weighted by Gasteiger charge is -2.26. The minimum atomic E-state index is 0.0371. The van der Waals surface area contributed by atoms with E-state index in [1.165, 1.54) is 12.8 Å². The zero-order chi connectivity index (χ0) is 13.0. The van der Waals surface area contributed by atoms with E-state index in [9.17, 15) is 4.79 Å². The lowest BCUT2D eigenvalue weighted by Crippen LogP contribution is -2.48. The van der Waals surface area contributed by atoms with Crippen LogP contribution in [0.25, 0.3) is 0 Å². The quantitative estimate of drug-likeness (QED) is 0.516. The Morgan fingerprint density at radius 3 is 2.39 bits per heavy atom. The zero-order valence-electron chi connectivity index (χ0n) is 11.0. The van der Waals surface area contributed by atoms with Crippen molar-refractivity contribution in [1.29, 1.82) is 5.41 Å². The molecular weight excluding hydrogens is 228 g/mol. The van der Waals surface area contributed by atoms with Gasteiger partial charge in [0.25, 0.3) is 0 Å². The van der Waals surface area contributed by atoms with E-state index < -0.39 is 0 Å². The Hall–Kier alpha value is -1.26. The molecule has 2 aliphatic rings. The first-order chi connectivity index (χ1) is 8.68. The third kappa shape index (κ3) is 3.15. The number of carbonyl (C=O) groups excluding carboxylic acids is 1. The number of hydrogen-bond acceptors (Lipinski definition) is 2. The molecule has 0 bridgehead atoms. The number of amides is 2. The molecule has 5 heteroatoms. The van der Waals surface area contributed by atoms with E-state index in [1.54, 1.807) is 0 Å². The monoisotopic (exact) mass is 252 g/mol. The molecule has 2 rings (SSSR count). The fraction of sp³-hybridized carbons (Fsp3) is 0.846. The minimum Gasteiger partial charge on any atom is -0.387 e. The normalized spacial score (nSPS) is 28.8. The molecule has 0 radical (unpaired) electrons. The molecular formula is C13H24N4O. The van der Waals surface area contributed by atoms with Crippen LogP contribution in [-0.2, 0) is 0 Å². The highest BCUT2D eigenvalue weighted by Gasteiger charge is 2.31. The topological polar surface area (TPSA) is 82.2 Å². The van der Waals surface area contributed by atoms with Gasteiger partial charge in [0, 0.05) is 25.0 Å². The van der Waals surface area contributed by atoms with Crippen molar-refractivity contribution in [2.75, 3.05) is 13.1 Å². The summed E-state index contributed by atoms with van der Waals surface area (Å²) in [5.41, 5.74) is 5.59. The standard InChI is InChI=1S/C13H24N4O/c14-12(15)10-6-5-7-11(10)16-13(18)17-8-3-1-2-4-9-17/h10-11H,1-9H2,(H3,14,15)(H,16,18). The molecule has 1 aliphatic heterocycles. The second-order valence-electron chi connectivity index (χ2n) is 5.45. The summed E-state index contributed by atoms with van der Waals surface area (Å²) in [5, 5.41) is 10.6. The van der Waals surface area contributed by atoms with Gasteiger partial charge in [-0.15, -0.1) is 0 Å². The van der Waals surface area contributed by atoms with Crippen LogP contribution in [-0.4, -0.2) is 35.9 Å². The van der Waals surface area contributed by atoms with E-state index in [4.69, 9.17) is 11.1 Å². The number of nitrogens with one attached hydrogen (secondary N) is 2. The smallest absolute Gasteiger partial charge is 0.317 e. The Kier molecular flexibility index (Phi) is 4.44. The number of nitrogens with zero attached hydrogens (tertiary/aromatic N) is 1. The predicted octanol–water partition coefficient (Wildman–Crippen LogP) is 1.68. The predicted molar refractivity (Wildman–Crippen MR) is 71.6 cm³/mol. The molecule has 0 aromatic heterocycles. The fourth-order valence-electron chi connectivity index (χ4n) is 3.03. The van der Waals surface area contributed by atoms with E-state index in [0.29, 0.717) is 0 Å². The maximum atomic E-state index is 12.2. The molecule has 0 spiro atoms. The molecule has 0 aromatic carbocycles. The third-order valence-electron chi connectivity index (χ3n) is 4.12. The van der Waals surface area contributed by atoms with Gasteiger partial charge in [0.1, 0.15) is 0 Å². The third-order valence-corrected chi connectivity index (χ3v) is 4.12. The summed E-state index contributed by atoms with van der Waals surface area (Å²) in [6, 6.07) is 0.105. The average molecular weight is 252 g/mol. The van der Waals surface area contributed by atoms with Gasteiger partial charge in [0.15, 0.2) is 0 Å². The summed E-state index contributed by atoms with van der Waals surface area (Å²) < 4.78 is 0. The molecule has 2 amide bonds. The summed E-state index contributed by atoms with van der Waals surface area (Å²) >= 11 is 0. The highest BCUT2D eigenvalue weighted by atomic mass is 16.2. The van der Waals surface area contributed by atoms with Gasteiger partial charge in [-0.2, -0.15) is 0 Å². The number of carbonyl (C=O) groups is 1. The molecule has 4 N–H and O–H groups in total. The number of hydrogen-bond donors (Lipinski definition) is 3. The average Bonchev–Trinajstić information content (AvgIpc) is 2.63. The van der Waals surface area contributed by atoms with Gasteiger partial charge in [-0.05, 0) is 25.7 Å². The van der Waals surface area contributed by atoms with Gasteiger partial charge in [0.2, 0.25) is 0 Å². The van der Waals surface area contributed by atoms with Crippen LogP contribution in [0.4, 0.5) is 4.79 Å². The first kappa shape index (κ1) is 13.2. The molecule has 1 saturated heterocycles. The largest absolute Gasteiger partial charge is 0.387 e. The van der Waals surface area contributed by atoms with Crippen molar-refractivity contribution in [2.45, 2.75) is 51.0 Å². The molecule has 0 aromatic rings. The summed E-state index contributed by atoms with van der Waals surface area (Å²) in [7, 11) is 0. The van der Waals surface area contributed by atoms with Crippen LogP contribution >= 0.6 is 0 Å². The maximum absolute atomic E-state index is 12.2. The highest BCUT2D eigenvalue weighted by Crippen LogP contribution is 2.25. The van der Waals surface area contributed by atoms with Gasteiger partial charge in [-0.25, -0.2) is 4.79 Å². The van der Waals surface area contributed by atoms with E-state index in [0.717, 1.165) is 45.2 Å². The highest BCUT2D eigenvalue weighted by molar-refractivity contribution is 5.82. The SMILES string of the molecule is N=C(N)C1CCCC1NC(=O)N1CCCCCC1. The second kappa shape index (κ2) is 6.07. The molecule has 18 heavy (non-hydrogen) atoms. The van der Waals surface area contributed by atoms with Crippen molar-refractivity contribution in [3.8, 4) is 0 Å². The molecule has 5 nitrogen and oxygen atoms in total. The number of rotatable bonds is 2. The Bertz CT molecular complexity index is 310. The van der Waals surface area contributed by atoms with E-state index in [-0.39, 0.29) is 23.8 Å². The molecule has 2 unspecified atom stereocenters. The molecule has 1 saturated carbocycles. The van der Waals surface area contributed by atoms with Crippen molar-refractivity contribution in [3.05, 3.63) is 0 Å². The molecule has 1 aliphatic carbocycles. The molecule has 2 fully saturated rings. The Balaban J connectivity index is 1.87. The van der Waals surface area contributed by atoms with Crippen LogP contribution in [0.3, 0.4) is 0 Å². The zero-order valence-corrected chi connectivity index (χ0v) is 11.0. The van der Waals surface area contributed by atoms with Gasteiger partial charge < -0.3 is 16.0 Å². The molecule has 102 valence electrons. The van der Waals surface area contributed by atoms with Gasteiger partial charge in [-0.1, -0.05) is 19.3 Å². The molecule has 2 atom stereocenters. The van der Waals surface area contributed by atoms with Gasteiger partial charge in [-0.3, -0.25) is 5.41 Å². The summed E-state index contributed by atoms with van der Waals surface area (Å²) in [6.07, 6.45) is 7.59. The lowest BCUT2D eigenvalue weighted by atomic mass is 10.0. The second-order valence-corrected chi connectivity index (χ2v) is 5.45. The minimum absolute atomic E-state index is 0.0371. The maximum Gasteiger partial charge on any atom is 0.317 e. The lowest BCUT2D eigenvalue weighted by molar-refractivity contribution is 0.194. The number of likely N-dealkylation sites (tertiary alicyclic amines) is 1. The summed E-state index contributed by atoms with van der Waals surface area (Å²) in [5.74, 6) is 0.259. The van der Waals surface area contributed by atoms with Crippen molar-refractivity contribution in [3.63, 3.8) is 0 Å². The van der Waals surface area contributed by atoms with Crippen molar-refractivity contribution >= 4 is 11.9 Å². The fourth-order valence-corrected chi connectivity index (χ4v) is 3.03. The number of nitrogens with two attached hydrogens (primary N) is 1. The van der Waals surface area contributed by atoms with Crippen LogP contribution in [0.15, 0.2) is 0 Å².